The lowest BCUT2D eigenvalue weighted by molar-refractivity contribution is -0.152. The summed E-state index contributed by atoms with van der Waals surface area (Å²) in [5, 5.41) is 10.8. The topological polar surface area (TPSA) is 65.0 Å². The molecule has 1 saturated heterocycles. The minimum atomic E-state index is -0.776. The molecule has 3 aliphatic rings. The Hall–Kier alpha value is -1.95. The zero-order valence-electron chi connectivity index (χ0n) is 18.3. The maximum Gasteiger partial charge on any atom is 0.339 e. The number of carbonyl (C=O) groups is 1. The highest BCUT2D eigenvalue weighted by atomic mass is 16.8. The summed E-state index contributed by atoms with van der Waals surface area (Å²) in [5.41, 5.74) is 3.51. The van der Waals surface area contributed by atoms with E-state index in [1.54, 1.807) is 6.08 Å². The number of fused-ring (bicyclic) bond motifs is 3. The molecule has 0 spiro atoms. The van der Waals surface area contributed by atoms with Crippen molar-refractivity contribution in [3.63, 3.8) is 0 Å². The first kappa shape index (κ1) is 21.3. The molecular formula is C25H32O5. The van der Waals surface area contributed by atoms with Crippen molar-refractivity contribution in [2.75, 3.05) is 0 Å². The van der Waals surface area contributed by atoms with Crippen LogP contribution >= 0.6 is 0 Å². The van der Waals surface area contributed by atoms with Crippen LogP contribution in [0.15, 0.2) is 30.4 Å². The van der Waals surface area contributed by atoms with Crippen molar-refractivity contribution in [2.45, 2.75) is 83.6 Å². The van der Waals surface area contributed by atoms with Crippen LogP contribution < -0.4 is 0 Å². The van der Waals surface area contributed by atoms with Gasteiger partial charge in [-0.15, -0.1) is 0 Å². The van der Waals surface area contributed by atoms with Gasteiger partial charge in [0.1, 0.15) is 18.3 Å². The van der Waals surface area contributed by atoms with Crippen molar-refractivity contribution in [1.29, 1.82) is 0 Å². The Balaban J connectivity index is 1.73. The largest absolute Gasteiger partial charge is 0.458 e. The van der Waals surface area contributed by atoms with E-state index >= 15 is 0 Å². The van der Waals surface area contributed by atoms with Gasteiger partial charge in [0, 0.05) is 5.92 Å². The Morgan fingerprint density at radius 3 is 2.67 bits per heavy atom. The van der Waals surface area contributed by atoms with Crippen LogP contribution in [0, 0.1) is 19.8 Å². The molecule has 162 valence electrons. The molecule has 2 fully saturated rings. The van der Waals surface area contributed by atoms with Gasteiger partial charge < -0.3 is 19.3 Å². The molecule has 4 rings (SSSR count). The molecule has 1 aromatic carbocycles. The first-order chi connectivity index (χ1) is 14.2. The zero-order valence-corrected chi connectivity index (χ0v) is 18.3. The first-order valence-corrected chi connectivity index (χ1v) is 10.9. The van der Waals surface area contributed by atoms with Gasteiger partial charge in [-0.3, -0.25) is 0 Å². The van der Waals surface area contributed by atoms with Crippen LogP contribution in [0.1, 0.15) is 66.6 Å². The van der Waals surface area contributed by atoms with Crippen LogP contribution in [0.3, 0.4) is 0 Å². The Morgan fingerprint density at radius 1 is 1.07 bits per heavy atom. The lowest BCUT2D eigenvalue weighted by Crippen LogP contribution is -2.34. The molecule has 1 aliphatic carbocycles. The van der Waals surface area contributed by atoms with E-state index in [4.69, 9.17) is 14.2 Å². The predicted octanol–water partition coefficient (Wildman–Crippen LogP) is 4.48. The molecule has 1 aromatic rings. The average molecular weight is 413 g/mol. The molecule has 30 heavy (non-hydrogen) atoms. The summed E-state index contributed by atoms with van der Waals surface area (Å²) < 4.78 is 18.0. The van der Waals surface area contributed by atoms with Crippen LogP contribution in [0.25, 0.3) is 6.08 Å². The molecule has 2 aliphatic heterocycles. The van der Waals surface area contributed by atoms with Crippen LogP contribution in [0.4, 0.5) is 0 Å². The monoisotopic (exact) mass is 412 g/mol. The second kappa shape index (κ2) is 8.29. The van der Waals surface area contributed by atoms with Crippen LogP contribution in [-0.4, -0.2) is 41.3 Å². The molecule has 2 heterocycles. The average Bonchev–Trinajstić information content (AvgIpc) is 3.21. The second-order valence-corrected chi connectivity index (χ2v) is 9.24. The summed E-state index contributed by atoms with van der Waals surface area (Å²) in [6.45, 7) is 7.73. The summed E-state index contributed by atoms with van der Waals surface area (Å²) in [6.07, 6.45) is 9.44. The van der Waals surface area contributed by atoms with E-state index in [-0.39, 0.29) is 24.1 Å². The minimum Gasteiger partial charge on any atom is -0.458 e. The van der Waals surface area contributed by atoms with Crippen LogP contribution in [-0.2, 0) is 14.2 Å². The fourth-order valence-corrected chi connectivity index (χ4v) is 4.96. The standard InChI is InChI=1S/C25H32O5/c1-15-13-16(2)22-18(14-15)8-6-10-21-23(30-25(3,4)29-21)19(26)12-11-17-7-5-9-20(17)28-24(22)27/h6,8,11-14,17,19-21,23,26H,5,7,9-10H2,1-4H3/b8-6+,12-11-/t17-,19?,20-,21-,23+/m0/s1. The highest BCUT2D eigenvalue weighted by molar-refractivity contribution is 5.95. The number of esters is 1. The molecule has 0 bridgehead atoms. The number of rotatable bonds is 0. The third-order valence-corrected chi connectivity index (χ3v) is 6.26. The molecule has 0 amide bonds. The van der Waals surface area contributed by atoms with Gasteiger partial charge in [-0.25, -0.2) is 4.79 Å². The highest BCUT2D eigenvalue weighted by Crippen LogP contribution is 2.35. The van der Waals surface area contributed by atoms with Crippen molar-refractivity contribution in [3.05, 3.63) is 52.6 Å². The van der Waals surface area contributed by atoms with Gasteiger partial charge in [-0.2, -0.15) is 0 Å². The molecule has 5 heteroatoms. The molecule has 5 atom stereocenters. The number of benzene rings is 1. The van der Waals surface area contributed by atoms with E-state index in [1.807, 2.05) is 58.1 Å². The minimum absolute atomic E-state index is 0.102. The number of hydrogen-bond acceptors (Lipinski definition) is 5. The van der Waals surface area contributed by atoms with Crippen molar-refractivity contribution in [1.82, 2.24) is 0 Å². The fraction of sp³-hybridized carbons (Fsp3) is 0.560. The lowest BCUT2D eigenvalue weighted by Gasteiger charge is -2.22. The maximum atomic E-state index is 13.1. The summed E-state index contributed by atoms with van der Waals surface area (Å²) in [5.74, 6) is -0.911. The van der Waals surface area contributed by atoms with Gasteiger partial charge in [0.15, 0.2) is 5.79 Å². The van der Waals surface area contributed by atoms with Gasteiger partial charge >= 0.3 is 5.97 Å². The Bertz CT molecular complexity index is 869. The van der Waals surface area contributed by atoms with E-state index in [0.717, 1.165) is 36.0 Å². The maximum absolute atomic E-state index is 13.1. The van der Waals surface area contributed by atoms with Crippen LogP contribution in [0.2, 0.25) is 0 Å². The summed E-state index contributed by atoms with van der Waals surface area (Å²) in [4.78, 5) is 13.1. The second-order valence-electron chi connectivity index (χ2n) is 9.24. The van der Waals surface area contributed by atoms with E-state index < -0.39 is 18.0 Å². The number of aliphatic hydroxyl groups excluding tert-OH is 1. The van der Waals surface area contributed by atoms with Crippen LogP contribution in [0.5, 0.6) is 0 Å². The van der Waals surface area contributed by atoms with Gasteiger partial charge in [-0.05, 0) is 64.5 Å². The van der Waals surface area contributed by atoms with Gasteiger partial charge in [-0.1, -0.05) is 42.0 Å². The van der Waals surface area contributed by atoms with E-state index in [1.165, 1.54) is 0 Å². The summed E-state index contributed by atoms with van der Waals surface area (Å²) >= 11 is 0. The Labute approximate surface area is 178 Å². The summed E-state index contributed by atoms with van der Waals surface area (Å²) in [7, 11) is 0. The number of ether oxygens (including phenoxy) is 3. The smallest absolute Gasteiger partial charge is 0.339 e. The summed E-state index contributed by atoms with van der Waals surface area (Å²) in [6, 6.07) is 4.03. The first-order valence-electron chi connectivity index (χ1n) is 10.9. The number of carbonyl (C=O) groups excluding carboxylic acids is 1. The number of hydrogen-bond donors (Lipinski definition) is 1. The molecular weight excluding hydrogens is 380 g/mol. The Kier molecular flexibility index (Phi) is 5.88. The van der Waals surface area contributed by atoms with Crippen molar-refractivity contribution in [3.8, 4) is 0 Å². The number of aliphatic hydroxyl groups is 1. The van der Waals surface area contributed by atoms with Crippen molar-refractivity contribution in [2.24, 2.45) is 5.92 Å². The van der Waals surface area contributed by atoms with Gasteiger partial charge in [0.2, 0.25) is 0 Å². The Morgan fingerprint density at radius 2 is 1.87 bits per heavy atom. The van der Waals surface area contributed by atoms with Crippen molar-refractivity contribution >= 4 is 12.0 Å². The SMILES string of the molecule is Cc1cc(C)c2c(c1)/C=C/C[C@@H]1OC(C)(C)O[C@@H]1C(O)/C=C\[C@@H]1CCC[C@@H]1OC2=O. The lowest BCUT2D eigenvalue weighted by atomic mass is 9.96. The fourth-order valence-electron chi connectivity index (χ4n) is 4.96. The molecule has 0 aromatic heterocycles. The van der Waals surface area contributed by atoms with E-state index in [9.17, 15) is 9.90 Å². The third kappa shape index (κ3) is 4.39. The molecule has 1 N–H and O–H groups in total. The van der Waals surface area contributed by atoms with Gasteiger partial charge in [0.05, 0.1) is 11.7 Å². The molecule has 0 radical (unpaired) electrons. The molecule has 1 unspecified atom stereocenters. The van der Waals surface area contributed by atoms with E-state index in [2.05, 4.69) is 0 Å². The normalized spacial score (nSPS) is 35.5. The molecule has 5 nitrogen and oxygen atoms in total. The van der Waals surface area contributed by atoms with Crippen molar-refractivity contribution < 1.29 is 24.1 Å². The third-order valence-electron chi connectivity index (χ3n) is 6.26. The van der Waals surface area contributed by atoms with Gasteiger partial charge in [0.25, 0.3) is 0 Å². The molecule has 1 saturated carbocycles. The predicted molar refractivity (Wildman–Crippen MR) is 115 cm³/mol. The quantitative estimate of drug-likeness (QED) is 0.503. The number of aryl methyl sites for hydroxylation is 2. The zero-order chi connectivity index (χ0) is 21.5. The van der Waals surface area contributed by atoms with E-state index in [0.29, 0.717) is 12.0 Å². The highest BCUT2D eigenvalue weighted by Gasteiger charge is 2.43.